The zero-order chi connectivity index (χ0) is 15.2. The summed E-state index contributed by atoms with van der Waals surface area (Å²) in [6.45, 7) is 1.36. The van der Waals surface area contributed by atoms with Crippen LogP contribution in [0.1, 0.15) is 30.0 Å². The molecule has 0 spiro atoms. The van der Waals surface area contributed by atoms with E-state index in [-0.39, 0.29) is 5.91 Å². The van der Waals surface area contributed by atoms with E-state index in [0.717, 1.165) is 17.9 Å². The number of nitrogens with zero attached hydrogens (tertiary/aromatic N) is 2. The molecule has 0 aliphatic carbocycles. The number of carbonyl (C=O) groups excluding carboxylic acids is 1. The first-order valence-electron chi connectivity index (χ1n) is 7.56. The van der Waals surface area contributed by atoms with Crippen LogP contribution in [0.2, 0.25) is 0 Å². The fraction of sp³-hybridized carbons (Fsp3) is 0.353. The van der Waals surface area contributed by atoms with Gasteiger partial charge in [0.2, 0.25) is 5.91 Å². The highest BCUT2D eigenvalue weighted by molar-refractivity contribution is 5.76. The lowest BCUT2D eigenvalue weighted by Gasteiger charge is -2.26. The van der Waals surface area contributed by atoms with Gasteiger partial charge < -0.3 is 10.1 Å². The second-order valence-corrected chi connectivity index (χ2v) is 5.38. The van der Waals surface area contributed by atoms with Crippen LogP contribution in [-0.2, 0) is 11.2 Å². The van der Waals surface area contributed by atoms with E-state index in [0.29, 0.717) is 31.9 Å². The Bertz CT molecular complexity index is 631. The third-order valence-electron chi connectivity index (χ3n) is 3.88. The zero-order valence-corrected chi connectivity index (χ0v) is 12.4. The average molecular weight is 297 g/mol. The van der Waals surface area contributed by atoms with Crippen molar-refractivity contribution in [3.8, 4) is 5.75 Å². The van der Waals surface area contributed by atoms with Gasteiger partial charge >= 0.3 is 0 Å². The number of para-hydroxylation sites is 1. The Morgan fingerprint density at radius 1 is 1.32 bits per heavy atom. The molecule has 1 aliphatic heterocycles. The van der Waals surface area contributed by atoms with Crippen LogP contribution in [-0.4, -0.2) is 29.0 Å². The summed E-state index contributed by atoms with van der Waals surface area (Å²) in [5.74, 6) is 1.32. The minimum atomic E-state index is 0.0579. The summed E-state index contributed by atoms with van der Waals surface area (Å²) in [7, 11) is 0. The number of fused-ring (bicyclic) bond motifs is 1. The van der Waals surface area contributed by atoms with Crippen molar-refractivity contribution in [1.29, 1.82) is 0 Å². The standard InChI is InChI=1S/C17H19N3O2/c21-17(6-5-14-7-9-18-12-20-14)19-11-13-8-10-22-16-4-2-1-3-15(13)16/h1-4,7,9,12-13H,5-6,8,10-11H2,(H,19,21). The van der Waals surface area contributed by atoms with Gasteiger partial charge in [0.1, 0.15) is 12.1 Å². The Labute approximate surface area is 129 Å². The lowest BCUT2D eigenvalue weighted by atomic mass is 9.93. The molecule has 0 saturated carbocycles. The maximum absolute atomic E-state index is 12.0. The van der Waals surface area contributed by atoms with Gasteiger partial charge in [-0.25, -0.2) is 9.97 Å². The van der Waals surface area contributed by atoms with Gasteiger partial charge in [0.15, 0.2) is 0 Å². The fourth-order valence-electron chi connectivity index (χ4n) is 2.66. The predicted molar refractivity (Wildman–Crippen MR) is 82.7 cm³/mol. The van der Waals surface area contributed by atoms with E-state index in [1.807, 2.05) is 24.3 Å². The van der Waals surface area contributed by atoms with Crippen LogP contribution in [0.5, 0.6) is 5.75 Å². The zero-order valence-electron chi connectivity index (χ0n) is 12.4. The smallest absolute Gasteiger partial charge is 0.220 e. The highest BCUT2D eigenvalue weighted by Crippen LogP contribution is 2.32. The summed E-state index contributed by atoms with van der Waals surface area (Å²) in [5.41, 5.74) is 2.08. The predicted octanol–water partition coefficient (Wildman–Crippen LogP) is 2.09. The SMILES string of the molecule is O=C(CCc1ccncn1)NCC1CCOc2ccccc21. The minimum absolute atomic E-state index is 0.0579. The quantitative estimate of drug-likeness (QED) is 0.918. The summed E-state index contributed by atoms with van der Waals surface area (Å²) in [6.07, 6.45) is 5.22. The molecule has 2 heterocycles. The highest BCUT2D eigenvalue weighted by atomic mass is 16.5. The van der Waals surface area contributed by atoms with Gasteiger partial charge in [-0.1, -0.05) is 18.2 Å². The Balaban J connectivity index is 1.50. The second kappa shape index (κ2) is 7.02. The van der Waals surface area contributed by atoms with Gasteiger partial charge in [-0.3, -0.25) is 4.79 Å². The molecule has 5 heteroatoms. The van der Waals surface area contributed by atoms with E-state index in [4.69, 9.17) is 4.74 Å². The van der Waals surface area contributed by atoms with Crippen molar-refractivity contribution in [2.24, 2.45) is 0 Å². The Morgan fingerprint density at radius 3 is 3.09 bits per heavy atom. The Kier molecular flexibility index (Phi) is 4.63. The van der Waals surface area contributed by atoms with E-state index < -0.39 is 0 Å². The van der Waals surface area contributed by atoms with Crippen LogP contribution in [0, 0.1) is 0 Å². The molecule has 3 rings (SSSR count). The molecule has 1 aromatic carbocycles. The van der Waals surface area contributed by atoms with Crippen LogP contribution in [0.25, 0.3) is 0 Å². The molecule has 22 heavy (non-hydrogen) atoms. The molecule has 1 amide bonds. The van der Waals surface area contributed by atoms with Crippen molar-refractivity contribution in [2.75, 3.05) is 13.2 Å². The van der Waals surface area contributed by atoms with E-state index in [1.165, 1.54) is 11.9 Å². The summed E-state index contributed by atoms with van der Waals surface area (Å²) in [6, 6.07) is 9.88. The lowest BCUT2D eigenvalue weighted by Crippen LogP contribution is -2.30. The lowest BCUT2D eigenvalue weighted by molar-refractivity contribution is -0.121. The molecule has 1 N–H and O–H groups in total. The van der Waals surface area contributed by atoms with Crippen LogP contribution in [0.4, 0.5) is 0 Å². The van der Waals surface area contributed by atoms with Crippen LogP contribution in [0.3, 0.4) is 0 Å². The van der Waals surface area contributed by atoms with Crippen molar-refractivity contribution < 1.29 is 9.53 Å². The van der Waals surface area contributed by atoms with Gasteiger partial charge in [-0.2, -0.15) is 0 Å². The van der Waals surface area contributed by atoms with Crippen molar-refractivity contribution in [2.45, 2.75) is 25.2 Å². The maximum Gasteiger partial charge on any atom is 0.220 e. The maximum atomic E-state index is 12.0. The van der Waals surface area contributed by atoms with Gasteiger partial charge in [-0.15, -0.1) is 0 Å². The molecule has 2 aromatic rings. The average Bonchev–Trinajstić information content (AvgIpc) is 2.59. The molecular formula is C17H19N3O2. The van der Waals surface area contributed by atoms with Crippen molar-refractivity contribution in [3.63, 3.8) is 0 Å². The molecule has 1 unspecified atom stereocenters. The monoisotopic (exact) mass is 297 g/mol. The van der Waals surface area contributed by atoms with Crippen LogP contribution in [0.15, 0.2) is 42.9 Å². The number of benzene rings is 1. The number of amides is 1. The number of aromatic nitrogens is 2. The van der Waals surface area contributed by atoms with Crippen LogP contribution < -0.4 is 10.1 Å². The van der Waals surface area contributed by atoms with E-state index >= 15 is 0 Å². The molecule has 114 valence electrons. The number of hydrogen-bond donors (Lipinski definition) is 1. The molecule has 0 radical (unpaired) electrons. The number of rotatable bonds is 5. The molecule has 0 fully saturated rings. The Morgan fingerprint density at radius 2 is 2.23 bits per heavy atom. The minimum Gasteiger partial charge on any atom is -0.493 e. The summed E-state index contributed by atoms with van der Waals surface area (Å²) >= 11 is 0. The molecule has 1 aromatic heterocycles. The number of aryl methyl sites for hydroxylation is 1. The molecule has 1 aliphatic rings. The van der Waals surface area contributed by atoms with Crippen LogP contribution >= 0.6 is 0 Å². The first-order valence-corrected chi connectivity index (χ1v) is 7.56. The second-order valence-electron chi connectivity index (χ2n) is 5.38. The fourth-order valence-corrected chi connectivity index (χ4v) is 2.66. The van der Waals surface area contributed by atoms with Gasteiger partial charge in [0, 0.05) is 30.8 Å². The number of nitrogens with one attached hydrogen (secondary N) is 1. The first-order chi connectivity index (χ1) is 10.8. The normalized spacial score (nSPS) is 16.5. The van der Waals surface area contributed by atoms with E-state index in [1.54, 1.807) is 6.20 Å². The summed E-state index contributed by atoms with van der Waals surface area (Å²) in [4.78, 5) is 20.0. The third-order valence-corrected chi connectivity index (χ3v) is 3.88. The topological polar surface area (TPSA) is 64.1 Å². The molecule has 1 atom stereocenters. The van der Waals surface area contributed by atoms with Crippen molar-refractivity contribution in [1.82, 2.24) is 15.3 Å². The highest BCUT2D eigenvalue weighted by Gasteiger charge is 2.21. The number of carbonyl (C=O) groups is 1. The third kappa shape index (κ3) is 3.61. The molecular weight excluding hydrogens is 278 g/mol. The molecule has 5 nitrogen and oxygen atoms in total. The Hall–Kier alpha value is -2.43. The first kappa shape index (κ1) is 14.5. The van der Waals surface area contributed by atoms with Crippen molar-refractivity contribution >= 4 is 5.91 Å². The number of hydrogen-bond acceptors (Lipinski definition) is 4. The van der Waals surface area contributed by atoms with E-state index in [2.05, 4.69) is 21.4 Å². The van der Waals surface area contributed by atoms with Gasteiger partial charge in [0.05, 0.1) is 6.61 Å². The molecule has 0 saturated heterocycles. The van der Waals surface area contributed by atoms with Gasteiger partial charge in [-0.05, 0) is 30.5 Å². The van der Waals surface area contributed by atoms with Crippen molar-refractivity contribution in [3.05, 3.63) is 54.1 Å². The largest absolute Gasteiger partial charge is 0.493 e. The van der Waals surface area contributed by atoms with E-state index in [9.17, 15) is 4.79 Å². The summed E-state index contributed by atoms with van der Waals surface area (Å²) in [5, 5.41) is 3.03. The van der Waals surface area contributed by atoms with Gasteiger partial charge in [0.25, 0.3) is 0 Å². The molecule has 0 bridgehead atoms. The summed E-state index contributed by atoms with van der Waals surface area (Å²) < 4.78 is 5.64. The number of ether oxygens (including phenoxy) is 1.